The highest BCUT2D eigenvalue weighted by Crippen LogP contribution is 2.35. The van der Waals surface area contributed by atoms with E-state index < -0.39 is 0 Å². The first-order valence-corrected chi connectivity index (χ1v) is 11.7. The molecule has 0 spiro atoms. The van der Waals surface area contributed by atoms with Gasteiger partial charge in [-0.15, -0.1) is 11.8 Å². The predicted octanol–water partition coefficient (Wildman–Crippen LogP) is 5.00. The number of para-hydroxylation sites is 1. The van der Waals surface area contributed by atoms with Gasteiger partial charge in [-0.2, -0.15) is 0 Å². The van der Waals surface area contributed by atoms with Gasteiger partial charge in [-0.25, -0.2) is 4.98 Å². The lowest BCUT2D eigenvalue weighted by Gasteiger charge is -2.23. The van der Waals surface area contributed by atoms with E-state index in [1.165, 1.54) is 11.3 Å². The topological polar surface area (TPSA) is 51.7 Å². The van der Waals surface area contributed by atoms with Gasteiger partial charge in [0.25, 0.3) is 0 Å². The molecule has 7 heteroatoms. The van der Waals surface area contributed by atoms with Crippen LogP contribution in [-0.2, 0) is 9.53 Å². The van der Waals surface area contributed by atoms with Crippen molar-refractivity contribution in [2.45, 2.75) is 30.8 Å². The van der Waals surface area contributed by atoms with Crippen molar-refractivity contribution in [3.05, 3.63) is 48.5 Å². The maximum absolute atomic E-state index is 13.2. The number of thiazole rings is 1. The van der Waals surface area contributed by atoms with Gasteiger partial charge in [0, 0.05) is 11.5 Å². The Morgan fingerprint density at radius 1 is 1.28 bits per heavy atom. The van der Waals surface area contributed by atoms with Crippen LogP contribution in [0.15, 0.2) is 53.4 Å². The van der Waals surface area contributed by atoms with Crippen LogP contribution in [0.2, 0.25) is 0 Å². The summed E-state index contributed by atoms with van der Waals surface area (Å²) in [6.45, 7) is 3.84. The quantitative estimate of drug-likeness (QED) is 0.473. The number of hydrogen-bond donors (Lipinski definition) is 0. The highest BCUT2D eigenvalue weighted by molar-refractivity contribution is 8.00. The summed E-state index contributed by atoms with van der Waals surface area (Å²) in [6, 6.07) is 15.9. The van der Waals surface area contributed by atoms with Gasteiger partial charge in [0.05, 0.1) is 29.7 Å². The molecular formula is C22H24N2O3S2. The van der Waals surface area contributed by atoms with E-state index >= 15 is 0 Å². The molecule has 0 radical (unpaired) electrons. The summed E-state index contributed by atoms with van der Waals surface area (Å²) in [5.74, 6) is 1.17. The molecule has 29 heavy (non-hydrogen) atoms. The first-order chi connectivity index (χ1) is 14.2. The Bertz CT molecular complexity index is 955. The highest BCUT2D eigenvalue weighted by Gasteiger charge is 2.26. The molecule has 0 bridgehead atoms. The Morgan fingerprint density at radius 2 is 2.14 bits per heavy atom. The zero-order valence-corrected chi connectivity index (χ0v) is 18.0. The van der Waals surface area contributed by atoms with Crippen LogP contribution in [0.3, 0.4) is 0 Å². The van der Waals surface area contributed by atoms with Gasteiger partial charge < -0.3 is 9.47 Å². The number of hydrogen-bond acceptors (Lipinski definition) is 6. The molecule has 1 saturated heterocycles. The lowest BCUT2D eigenvalue weighted by atomic mass is 10.2. The molecule has 2 heterocycles. The molecule has 3 aromatic rings. The molecule has 1 amide bonds. The second-order valence-electron chi connectivity index (χ2n) is 6.77. The third-order valence-corrected chi connectivity index (χ3v) is 6.76. The van der Waals surface area contributed by atoms with E-state index in [1.54, 1.807) is 16.7 Å². The number of carbonyl (C=O) groups is 1. The van der Waals surface area contributed by atoms with Crippen LogP contribution < -0.4 is 9.64 Å². The zero-order valence-electron chi connectivity index (χ0n) is 16.4. The summed E-state index contributed by atoms with van der Waals surface area (Å²) in [7, 11) is 0. The molecule has 1 atom stereocenters. The van der Waals surface area contributed by atoms with Gasteiger partial charge in [-0.1, -0.05) is 35.6 Å². The first kappa shape index (κ1) is 20.2. The van der Waals surface area contributed by atoms with E-state index in [1.807, 2.05) is 55.5 Å². The lowest BCUT2D eigenvalue weighted by Crippen LogP contribution is -2.38. The third kappa shape index (κ3) is 4.91. The number of anilines is 1. The Labute approximate surface area is 179 Å². The molecule has 1 aliphatic heterocycles. The van der Waals surface area contributed by atoms with E-state index in [9.17, 15) is 4.79 Å². The minimum atomic E-state index is 0.0476. The van der Waals surface area contributed by atoms with Crippen molar-refractivity contribution in [1.82, 2.24) is 4.98 Å². The third-order valence-electron chi connectivity index (χ3n) is 4.72. The number of thioether (sulfide) groups is 1. The van der Waals surface area contributed by atoms with Crippen molar-refractivity contribution >= 4 is 44.4 Å². The fraction of sp³-hybridized carbons (Fsp3) is 0.364. The van der Waals surface area contributed by atoms with Crippen molar-refractivity contribution in [1.29, 1.82) is 0 Å². The number of carbonyl (C=O) groups excluding carboxylic acids is 1. The monoisotopic (exact) mass is 428 g/mol. The van der Waals surface area contributed by atoms with Crippen molar-refractivity contribution in [3.63, 3.8) is 0 Å². The van der Waals surface area contributed by atoms with Gasteiger partial charge in [0.15, 0.2) is 5.13 Å². The highest BCUT2D eigenvalue weighted by atomic mass is 32.2. The maximum atomic E-state index is 13.2. The standard InChI is InChI=1S/C22H24N2O3S2/c1-2-26-18-11-6-12-19-21(18)23-22(29-19)24(14-16-8-7-13-27-16)20(25)15-28-17-9-4-3-5-10-17/h3-6,9-12,16H,2,7-8,13-15H2,1H3. The molecule has 1 aromatic heterocycles. The molecule has 152 valence electrons. The summed E-state index contributed by atoms with van der Waals surface area (Å²) in [5.41, 5.74) is 0.815. The number of ether oxygens (including phenoxy) is 2. The van der Waals surface area contributed by atoms with Crippen LogP contribution >= 0.6 is 23.1 Å². The van der Waals surface area contributed by atoms with E-state index in [4.69, 9.17) is 14.5 Å². The number of fused-ring (bicyclic) bond motifs is 1. The summed E-state index contributed by atoms with van der Waals surface area (Å²) < 4.78 is 12.5. The Hall–Kier alpha value is -2.09. The average Bonchev–Trinajstić information content (AvgIpc) is 3.41. The summed E-state index contributed by atoms with van der Waals surface area (Å²) in [5, 5.41) is 0.710. The van der Waals surface area contributed by atoms with Crippen LogP contribution in [0.1, 0.15) is 19.8 Å². The fourth-order valence-electron chi connectivity index (χ4n) is 3.32. The van der Waals surface area contributed by atoms with Crippen molar-refractivity contribution in [2.75, 3.05) is 30.4 Å². The summed E-state index contributed by atoms with van der Waals surface area (Å²) in [4.78, 5) is 20.8. The van der Waals surface area contributed by atoms with Gasteiger partial charge >= 0.3 is 0 Å². The van der Waals surface area contributed by atoms with E-state index in [-0.39, 0.29) is 12.0 Å². The summed E-state index contributed by atoms with van der Waals surface area (Å²) >= 11 is 3.08. The van der Waals surface area contributed by atoms with E-state index in [0.717, 1.165) is 40.3 Å². The fourth-order valence-corrected chi connectivity index (χ4v) is 5.12. The second kappa shape index (κ2) is 9.61. The molecule has 0 N–H and O–H groups in total. The largest absolute Gasteiger partial charge is 0.492 e. The molecule has 1 unspecified atom stereocenters. The average molecular weight is 429 g/mol. The van der Waals surface area contributed by atoms with Crippen LogP contribution in [0, 0.1) is 0 Å². The summed E-state index contributed by atoms with van der Waals surface area (Å²) in [6.07, 6.45) is 2.09. The van der Waals surface area contributed by atoms with Gasteiger partial charge in [0.2, 0.25) is 5.91 Å². The van der Waals surface area contributed by atoms with E-state index in [2.05, 4.69) is 0 Å². The Balaban J connectivity index is 1.58. The van der Waals surface area contributed by atoms with Crippen molar-refractivity contribution in [2.24, 2.45) is 0 Å². The zero-order chi connectivity index (χ0) is 20.1. The molecule has 0 aliphatic carbocycles. The molecule has 4 rings (SSSR count). The van der Waals surface area contributed by atoms with Crippen molar-refractivity contribution < 1.29 is 14.3 Å². The van der Waals surface area contributed by atoms with Crippen LogP contribution in [-0.4, -0.2) is 42.5 Å². The molecule has 1 fully saturated rings. The van der Waals surface area contributed by atoms with Gasteiger partial charge in [-0.3, -0.25) is 9.69 Å². The number of nitrogens with zero attached hydrogens (tertiary/aromatic N) is 2. The minimum Gasteiger partial charge on any atom is -0.492 e. The number of aromatic nitrogens is 1. The van der Waals surface area contributed by atoms with Crippen LogP contribution in [0.4, 0.5) is 5.13 Å². The maximum Gasteiger partial charge on any atom is 0.239 e. The predicted molar refractivity (Wildman–Crippen MR) is 119 cm³/mol. The van der Waals surface area contributed by atoms with E-state index in [0.29, 0.717) is 24.0 Å². The van der Waals surface area contributed by atoms with Gasteiger partial charge in [0.1, 0.15) is 11.3 Å². The van der Waals surface area contributed by atoms with Crippen LogP contribution in [0.25, 0.3) is 10.2 Å². The SMILES string of the molecule is CCOc1cccc2sc(N(CC3CCCO3)C(=O)CSc3ccccc3)nc12. The first-order valence-electron chi connectivity index (χ1n) is 9.86. The molecule has 1 aliphatic rings. The second-order valence-corrected chi connectivity index (χ2v) is 8.83. The smallest absolute Gasteiger partial charge is 0.239 e. The molecule has 5 nitrogen and oxygen atoms in total. The molecule has 0 saturated carbocycles. The lowest BCUT2D eigenvalue weighted by molar-refractivity contribution is -0.116. The number of rotatable bonds is 8. The Kier molecular flexibility index (Phi) is 6.69. The molecule has 2 aromatic carbocycles. The molecular weight excluding hydrogens is 404 g/mol. The minimum absolute atomic E-state index is 0.0476. The van der Waals surface area contributed by atoms with Crippen molar-refractivity contribution in [3.8, 4) is 5.75 Å². The normalized spacial score (nSPS) is 16.2. The number of amides is 1. The van der Waals surface area contributed by atoms with Gasteiger partial charge in [-0.05, 0) is 44.0 Å². The van der Waals surface area contributed by atoms with Crippen LogP contribution in [0.5, 0.6) is 5.75 Å². The Morgan fingerprint density at radius 3 is 2.90 bits per heavy atom. The number of benzene rings is 2.